The third-order valence-corrected chi connectivity index (χ3v) is 15.8. The van der Waals surface area contributed by atoms with E-state index < -0.39 is 116 Å². The third-order valence-electron chi connectivity index (χ3n) is 15.0. The highest BCUT2D eigenvalue weighted by Gasteiger charge is 2.51. The third kappa shape index (κ3) is 39.1. The van der Waals surface area contributed by atoms with E-state index in [4.69, 9.17) is 28.4 Å². The van der Waals surface area contributed by atoms with Crippen molar-refractivity contribution in [3.05, 3.63) is 0 Å². The van der Waals surface area contributed by atoms with Crippen molar-refractivity contribution in [1.29, 1.82) is 0 Å². The molecule has 0 bridgehead atoms. The van der Waals surface area contributed by atoms with Gasteiger partial charge in [0, 0.05) is 20.0 Å². The largest absolute Gasteiger partial charge is 0.481 e. The molecule has 0 aliphatic carbocycles. The maximum Gasteiger partial charge on any atom is 0.351 e. The number of unbranched alkanes of at least 4 members (excludes halogenated alkanes) is 26. The highest BCUT2D eigenvalue weighted by molar-refractivity contribution is 7.51. The van der Waals surface area contributed by atoms with E-state index in [1.54, 1.807) is 20.8 Å². The minimum absolute atomic E-state index is 0.0985. The van der Waals surface area contributed by atoms with Gasteiger partial charge in [-0.1, -0.05) is 235 Å². The number of methoxy groups -OCH3 is 1. The van der Waals surface area contributed by atoms with Crippen molar-refractivity contribution < 1.29 is 81.4 Å². The maximum atomic E-state index is 15.0. The van der Waals surface area contributed by atoms with E-state index in [9.17, 15) is 48.2 Å². The van der Waals surface area contributed by atoms with Crippen molar-refractivity contribution in [2.75, 3.05) is 26.5 Å². The van der Waals surface area contributed by atoms with Gasteiger partial charge in [-0.15, -0.1) is 0 Å². The smallest absolute Gasteiger partial charge is 0.351 e. The van der Waals surface area contributed by atoms with Gasteiger partial charge < -0.3 is 43.3 Å². The van der Waals surface area contributed by atoms with Crippen molar-refractivity contribution >= 4 is 49.2 Å². The molecule has 0 heterocycles. The van der Waals surface area contributed by atoms with Gasteiger partial charge >= 0.3 is 43.4 Å². The molecule has 18 heteroatoms. The van der Waals surface area contributed by atoms with Gasteiger partial charge in [0.05, 0.1) is 36.4 Å². The van der Waals surface area contributed by atoms with Gasteiger partial charge in [0.25, 0.3) is 0 Å². The highest BCUT2D eigenvalue weighted by atomic mass is 31.2. The van der Waals surface area contributed by atoms with Crippen LogP contribution < -0.4 is 0 Å². The molecule has 3 N–H and O–H groups in total. The Balaban J connectivity index is 7.95. The first-order valence-electron chi connectivity index (χ1n) is 31.5. The number of ether oxygens (including phenoxy) is 6. The number of carboxylic acids is 1. The molecule has 0 fully saturated rings. The van der Waals surface area contributed by atoms with Gasteiger partial charge in [0.2, 0.25) is 12.2 Å². The van der Waals surface area contributed by atoms with Crippen LogP contribution >= 0.6 is 7.60 Å². The Kier molecular flexibility index (Phi) is 47.0. The summed E-state index contributed by atoms with van der Waals surface area (Å²) in [5, 5.41) is 10.3. The second-order valence-electron chi connectivity index (χ2n) is 22.6. The summed E-state index contributed by atoms with van der Waals surface area (Å²) < 4.78 is 47.3. The molecule has 0 aliphatic rings. The number of carbonyl (C=O) groups is 7. The normalized spacial score (nSPS) is 14.7. The molecule has 0 aromatic carbocycles. The van der Waals surface area contributed by atoms with E-state index in [0.717, 1.165) is 161 Å². The Bertz CT molecular complexity index is 1700. The van der Waals surface area contributed by atoms with Gasteiger partial charge in [-0.25, -0.2) is 4.79 Å². The van der Waals surface area contributed by atoms with Crippen molar-refractivity contribution in [3.63, 3.8) is 0 Å². The molecule has 468 valence electrons. The summed E-state index contributed by atoms with van der Waals surface area (Å²) in [5.74, 6) is -11.9. The van der Waals surface area contributed by atoms with Crippen LogP contribution in [0.1, 0.15) is 280 Å². The molecular weight excluding hydrogens is 1050 g/mol. The van der Waals surface area contributed by atoms with Crippen molar-refractivity contribution in [2.45, 2.75) is 304 Å². The minimum Gasteiger partial charge on any atom is -0.481 e. The number of carbonyl (C=O) groups excluding carboxylic acids is 6. The molecule has 0 saturated carbocycles. The molecule has 8 unspecified atom stereocenters. The predicted molar refractivity (Wildman–Crippen MR) is 312 cm³/mol. The number of Topliss-reactive ketones (excluding diaryl/α,β-unsaturated/α-hetero) is 1. The number of aliphatic carboxylic acids is 1. The molecule has 0 amide bonds. The molecule has 0 spiro atoms. The zero-order valence-electron chi connectivity index (χ0n) is 51.2. The Morgan fingerprint density at radius 1 is 0.425 bits per heavy atom. The highest BCUT2D eigenvalue weighted by Crippen LogP contribution is 2.37. The fourth-order valence-electron chi connectivity index (χ4n) is 9.57. The zero-order valence-corrected chi connectivity index (χ0v) is 52.1. The number of ketones is 1. The second-order valence-corrected chi connectivity index (χ2v) is 24.4. The van der Waals surface area contributed by atoms with Gasteiger partial charge in [0.15, 0.2) is 18.0 Å². The molecule has 0 saturated heterocycles. The summed E-state index contributed by atoms with van der Waals surface area (Å²) in [6, 6.07) is 0. The summed E-state index contributed by atoms with van der Waals surface area (Å²) >= 11 is 0. The lowest BCUT2D eigenvalue weighted by molar-refractivity contribution is -0.210. The van der Waals surface area contributed by atoms with Crippen LogP contribution in [0.3, 0.4) is 0 Å². The second kappa shape index (κ2) is 49.1. The number of rotatable bonds is 55. The molecule has 0 aromatic heterocycles. The van der Waals surface area contributed by atoms with Crippen LogP contribution in [0, 0.1) is 23.7 Å². The molecule has 0 rings (SSSR count). The molecule has 8 atom stereocenters. The zero-order chi connectivity index (χ0) is 60.0. The molecule has 80 heavy (non-hydrogen) atoms. The summed E-state index contributed by atoms with van der Waals surface area (Å²) in [5.41, 5.74) is 0. The van der Waals surface area contributed by atoms with Crippen molar-refractivity contribution in [3.8, 4) is 0 Å². The SMILES string of the molecule is CCCCCCCCCCCC(=O)OC(C(OC(=O)C(C)CCCCCCCCC)C(=O)CC(CCP(=O)(O)O)C(=O)O)C(OC(=O)C(C)CCCCCCCCC)C(OC(=O)C(C)CCCCCCCCC)C(=O)OCCOC. The predicted octanol–water partition coefficient (Wildman–Crippen LogP) is 14.3. The molecule has 0 radical (unpaired) electrons. The van der Waals surface area contributed by atoms with E-state index in [2.05, 4.69) is 27.7 Å². The Morgan fingerprint density at radius 2 is 0.775 bits per heavy atom. The van der Waals surface area contributed by atoms with Crippen LogP contribution in [0.4, 0.5) is 0 Å². The molecule has 0 aliphatic heterocycles. The van der Waals surface area contributed by atoms with Crippen molar-refractivity contribution in [2.24, 2.45) is 23.7 Å². The summed E-state index contributed by atoms with van der Waals surface area (Å²) in [7, 11) is -3.40. The Labute approximate surface area is 483 Å². The molecular formula is C62H113O17P. The minimum atomic E-state index is -4.77. The van der Waals surface area contributed by atoms with Gasteiger partial charge in [-0.05, 0) is 32.1 Å². The van der Waals surface area contributed by atoms with Gasteiger partial charge in [-0.2, -0.15) is 0 Å². The van der Waals surface area contributed by atoms with E-state index in [-0.39, 0.29) is 19.6 Å². The Hall–Kier alpha value is -3.40. The van der Waals surface area contributed by atoms with Crippen molar-refractivity contribution in [1.82, 2.24) is 0 Å². The summed E-state index contributed by atoms with van der Waals surface area (Å²) in [4.78, 5) is 119. The number of hydrogen-bond donors (Lipinski definition) is 3. The average molecular weight is 1160 g/mol. The lowest BCUT2D eigenvalue weighted by atomic mass is 9.91. The lowest BCUT2D eigenvalue weighted by Gasteiger charge is -2.36. The standard InChI is InChI=1S/C62H113O17P/c1-9-13-17-21-25-26-30-34-38-42-53(64)76-55(54(52(63)47-51(58(65)66)43-46-80(71,72)73)77-59(67)48(5)39-35-31-27-22-18-14-10-2)56(78-60(68)49(6)40-36-32-28-23-19-15-11-3)57(62(70)75-45-44-74-8)79-61(69)50(7)41-37-33-29-24-20-16-12-4/h48-51,54-57H,9-47H2,1-8H3,(H,65,66)(H2,71,72,73). The summed E-state index contributed by atoms with van der Waals surface area (Å²) in [6.45, 7) is 12.9. The van der Waals surface area contributed by atoms with Crippen LogP contribution in [-0.2, 0) is 66.5 Å². The quantitative estimate of drug-likeness (QED) is 0.0221. The fraction of sp³-hybridized carbons (Fsp3) is 0.887. The average Bonchev–Trinajstić information content (AvgIpc) is 3.42. The van der Waals surface area contributed by atoms with Crippen LogP contribution in [0.15, 0.2) is 0 Å². The van der Waals surface area contributed by atoms with Crippen LogP contribution in [0.2, 0.25) is 0 Å². The van der Waals surface area contributed by atoms with E-state index in [1.807, 2.05) is 0 Å². The van der Waals surface area contributed by atoms with E-state index in [0.29, 0.717) is 51.4 Å². The molecule has 0 aromatic rings. The fourth-order valence-corrected chi connectivity index (χ4v) is 10.2. The summed E-state index contributed by atoms with van der Waals surface area (Å²) in [6.07, 6.45) is 17.9. The first-order chi connectivity index (χ1) is 38.3. The number of hydrogen-bond acceptors (Lipinski definition) is 14. The Morgan fingerprint density at radius 3 is 1.15 bits per heavy atom. The van der Waals surface area contributed by atoms with E-state index in [1.165, 1.54) is 7.11 Å². The number of carboxylic acid groups (broad SMARTS) is 1. The van der Waals surface area contributed by atoms with Crippen LogP contribution in [0.25, 0.3) is 0 Å². The van der Waals surface area contributed by atoms with Crippen LogP contribution in [-0.4, -0.2) is 107 Å². The maximum absolute atomic E-state index is 15.0. The monoisotopic (exact) mass is 1160 g/mol. The van der Waals surface area contributed by atoms with Gasteiger partial charge in [0.1, 0.15) is 6.61 Å². The van der Waals surface area contributed by atoms with Crippen LogP contribution in [0.5, 0.6) is 0 Å². The van der Waals surface area contributed by atoms with E-state index >= 15 is 4.79 Å². The molecule has 17 nitrogen and oxygen atoms in total. The lowest BCUT2D eigenvalue weighted by Crippen LogP contribution is -2.57. The topological polar surface area (TPSA) is 253 Å². The first-order valence-corrected chi connectivity index (χ1v) is 33.3. The number of esters is 5. The van der Waals surface area contributed by atoms with Gasteiger partial charge in [-0.3, -0.25) is 33.3 Å². The first kappa shape index (κ1) is 76.6.